The van der Waals surface area contributed by atoms with E-state index in [1.807, 2.05) is 11.3 Å². The molecule has 0 fully saturated rings. The third-order valence-corrected chi connectivity index (χ3v) is 5.24. The standard InChI is InChI=1S/C16H20BrNS/c1-11-6-12(2)8-13(7-11)9-14(18-3)10-16-15(17)4-5-19-16/h4-8,14,18H,9-10H2,1-3H3. The fourth-order valence-corrected chi connectivity index (χ4v) is 4.04. The maximum atomic E-state index is 3.62. The quantitative estimate of drug-likeness (QED) is 0.846. The van der Waals surface area contributed by atoms with Crippen molar-refractivity contribution in [2.24, 2.45) is 0 Å². The molecule has 0 saturated heterocycles. The Bertz CT molecular complexity index is 527. The Balaban J connectivity index is 2.08. The van der Waals surface area contributed by atoms with Crippen LogP contribution in [0.2, 0.25) is 0 Å². The second-order valence-corrected chi connectivity index (χ2v) is 6.94. The van der Waals surface area contributed by atoms with Crippen LogP contribution in [0.4, 0.5) is 0 Å². The lowest BCUT2D eigenvalue weighted by molar-refractivity contribution is 0.559. The number of nitrogens with one attached hydrogen (secondary N) is 1. The molecule has 2 rings (SSSR count). The first-order valence-corrected chi connectivity index (χ1v) is 8.22. The van der Waals surface area contributed by atoms with Gasteiger partial charge in [-0.25, -0.2) is 0 Å². The Labute approximate surface area is 128 Å². The van der Waals surface area contributed by atoms with E-state index in [0.717, 1.165) is 12.8 Å². The van der Waals surface area contributed by atoms with Crippen molar-refractivity contribution >= 4 is 27.3 Å². The number of aryl methyl sites for hydroxylation is 2. The number of benzene rings is 1. The lowest BCUT2D eigenvalue weighted by Gasteiger charge is -2.16. The van der Waals surface area contributed by atoms with Gasteiger partial charge in [-0.1, -0.05) is 29.3 Å². The van der Waals surface area contributed by atoms with E-state index < -0.39 is 0 Å². The number of halogens is 1. The van der Waals surface area contributed by atoms with Crippen LogP contribution in [0.5, 0.6) is 0 Å². The molecular formula is C16H20BrNS. The molecule has 1 atom stereocenters. The van der Waals surface area contributed by atoms with Crippen molar-refractivity contribution in [3.63, 3.8) is 0 Å². The van der Waals surface area contributed by atoms with Gasteiger partial charge in [0, 0.05) is 15.4 Å². The minimum atomic E-state index is 0.483. The minimum Gasteiger partial charge on any atom is -0.316 e. The highest BCUT2D eigenvalue weighted by Gasteiger charge is 2.12. The number of hydrogen-bond acceptors (Lipinski definition) is 2. The zero-order valence-electron chi connectivity index (χ0n) is 11.7. The van der Waals surface area contributed by atoms with Crippen LogP contribution >= 0.6 is 27.3 Å². The summed E-state index contributed by atoms with van der Waals surface area (Å²) >= 11 is 5.44. The third-order valence-electron chi connectivity index (χ3n) is 3.29. The van der Waals surface area contributed by atoms with Crippen LogP contribution in [0.25, 0.3) is 0 Å². The van der Waals surface area contributed by atoms with Crippen LogP contribution in [0.3, 0.4) is 0 Å². The molecule has 0 aliphatic rings. The predicted molar refractivity (Wildman–Crippen MR) is 88.2 cm³/mol. The molecule has 1 nitrogen and oxygen atoms in total. The minimum absolute atomic E-state index is 0.483. The van der Waals surface area contributed by atoms with Crippen molar-refractivity contribution in [1.82, 2.24) is 5.32 Å². The molecular weight excluding hydrogens is 318 g/mol. The second kappa shape index (κ2) is 6.69. The van der Waals surface area contributed by atoms with Gasteiger partial charge in [-0.2, -0.15) is 0 Å². The van der Waals surface area contributed by atoms with Crippen LogP contribution in [0.1, 0.15) is 21.6 Å². The van der Waals surface area contributed by atoms with Gasteiger partial charge >= 0.3 is 0 Å². The molecule has 0 spiro atoms. The molecule has 0 radical (unpaired) electrons. The number of likely N-dealkylation sites (N-methyl/N-ethyl adjacent to an activating group) is 1. The maximum Gasteiger partial charge on any atom is 0.0314 e. The zero-order valence-corrected chi connectivity index (χ0v) is 14.1. The van der Waals surface area contributed by atoms with Crippen molar-refractivity contribution < 1.29 is 0 Å². The van der Waals surface area contributed by atoms with E-state index in [9.17, 15) is 0 Å². The van der Waals surface area contributed by atoms with Crippen molar-refractivity contribution in [1.29, 1.82) is 0 Å². The molecule has 0 saturated carbocycles. The van der Waals surface area contributed by atoms with Gasteiger partial charge in [-0.15, -0.1) is 11.3 Å². The second-order valence-electron chi connectivity index (χ2n) is 5.08. The number of thiophene rings is 1. The molecule has 1 unspecified atom stereocenters. The fourth-order valence-electron chi connectivity index (χ4n) is 2.44. The average Bonchev–Trinajstić information content (AvgIpc) is 2.73. The zero-order chi connectivity index (χ0) is 13.8. The molecule has 0 aliphatic heterocycles. The Morgan fingerprint density at radius 3 is 2.37 bits per heavy atom. The SMILES string of the molecule is CNC(Cc1cc(C)cc(C)c1)Cc1sccc1Br. The lowest BCUT2D eigenvalue weighted by Crippen LogP contribution is -2.29. The average molecular weight is 338 g/mol. The lowest BCUT2D eigenvalue weighted by atomic mass is 9.99. The normalized spacial score (nSPS) is 12.6. The Kier molecular flexibility index (Phi) is 5.20. The molecule has 0 aliphatic carbocycles. The first kappa shape index (κ1) is 14.8. The van der Waals surface area contributed by atoms with Crippen LogP contribution in [-0.4, -0.2) is 13.1 Å². The van der Waals surface area contributed by atoms with Crippen molar-refractivity contribution in [2.45, 2.75) is 32.7 Å². The van der Waals surface area contributed by atoms with Crippen molar-refractivity contribution in [3.8, 4) is 0 Å². The molecule has 0 amide bonds. The van der Waals surface area contributed by atoms with Gasteiger partial charge in [0.25, 0.3) is 0 Å². The van der Waals surface area contributed by atoms with Gasteiger partial charge in [0.2, 0.25) is 0 Å². The predicted octanol–water partition coefficient (Wildman–Crippen LogP) is 4.50. The van der Waals surface area contributed by atoms with Gasteiger partial charge in [-0.05, 0) is 66.7 Å². The molecule has 19 heavy (non-hydrogen) atoms. The summed E-state index contributed by atoms with van der Waals surface area (Å²) in [5, 5.41) is 5.58. The fraction of sp³-hybridized carbons (Fsp3) is 0.375. The molecule has 1 heterocycles. The van der Waals surface area contributed by atoms with Crippen LogP contribution in [0.15, 0.2) is 34.1 Å². The topological polar surface area (TPSA) is 12.0 Å². The summed E-state index contributed by atoms with van der Waals surface area (Å²) in [5.41, 5.74) is 4.12. The van der Waals surface area contributed by atoms with Crippen molar-refractivity contribution in [3.05, 3.63) is 55.7 Å². The molecule has 0 bridgehead atoms. The van der Waals surface area contributed by atoms with Crippen molar-refractivity contribution in [2.75, 3.05) is 7.05 Å². The molecule has 2 aromatic rings. The van der Waals surface area contributed by atoms with E-state index in [-0.39, 0.29) is 0 Å². The Hall–Kier alpha value is -0.640. The van der Waals surface area contributed by atoms with E-state index >= 15 is 0 Å². The van der Waals surface area contributed by atoms with Gasteiger partial charge in [0.1, 0.15) is 0 Å². The van der Waals surface area contributed by atoms with E-state index in [0.29, 0.717) is 6.04 Å². The third kappa shape index (κ3) is 4.16. The highest BCUT2D eigenvalue weighted by Crippen LogP contribution is 2.24. The monoisotopic (exact) mass is 337 g/mol. The van der Waals surface area contributed by atoms with Crippen LogP contribution < -0.4 is 5.32 Å². The summed E-state index contributed by atoms with van der Waals surface area (Å²) in [6.07, 6.45) is 2.14. The molecule has 102 valence electrons. The highest BCUT2D eigenvalue weighted by molar-refractivity contribution is 9.10. The molecule has 1 N–H and O–H groups in total. The Morgan fingerprint density at radius 2 is 1.84 bits per heavy atom. The van der Waals surface area contributed by atoms with E-state index in [2.05, 4.69) is 71.8 Å². The number of rotatable bonds is 5. The van der Waals surface area contributed by atoms with Gasteiger partial charge in [0.05, 0.1) is 0 Å². The molecule has 3 heteroatoms. The summed E-state index contributed by atoms with van der Waals surface area (Å²) in [5.74, 6) is 0. The number of hydrogen-bond donors (Lipinski definition) is 1. The smallest absolute Gasteiger partial charge is 0.0314 e. The Morgan fingerprint density at radius 1 is 1.16 bits per heavy atom. The summed E-state index contributed by atoms with van der Waals surface area (Å²) in [6, 6.07) is 9.43. The summed E-state index contributed by atoms with van der Waals surface area (Å²) in [6.45, 7) is 4.33. The van der Waals surface area contributed by atoms with Crippen LogP contribution in [-0.2, 0) is 12.8 Å². The first-order chi connectivity index (χ1) is 9.08. The molecule has 1 aromatic heterocycles. The largest absolute Gasteiger partial charge is 0.316 e. The van der Waals surface area contributed by atoms with Crippen LogP contribution in [0, 0.1) is 13.8 Å². The maximum absolute atomic E-state index is 3.62. The molecule has 1 aromatic carbocycles. The summed E-state index contributed by atoms with van der Waals surface area (Å²) in [4.78, 5) is 1.42. The summed E-state index contributed by atoms with van der Waals surface area (Å²) in [7, 11) is 2.05. The van der Waals surface area contributed by atoms with E-state index in [1.54, 1.807) is 0 Å². The first-order valence-electron chi connectivity index (χ1n) is 6.55. The van der Waals surface area contributed by atoms with Gasteiger partial charge in [0.15, 0.2) is 0 Å². The van der Waals surface area contributed by atoms with E-state index in [4.69, 9.17) is 0 Å². The van der Waals surface area contributed by atoms with E-state index in [1.165, 1.54) is 26.0 Å². The van der Waals surface area contributed by atoms with Gasteiger partial charge in [-0.3, -0.25) is 0 Å². The summed E-state index contributed by atoms with van der Waals surface area (Å²) < 4.78 is 1.23. The highest BCUT2D eigenvalue weighted by atomic mass is 79.9. The van der Waals surface area contributed by atoms with Gasteiger partial charge < -0.3 is 5.32 Å².